The van der Waals surface area contributed by atoms with Crippen LogP contribution in [0.25, 0.3) is 5.65 Å². The molecular weight excluding hydrogens is 404 g/mol. The van der Waals surface area contributed by atoms with E-state index in [-0.39, 0.29) is 0 Å². The molecule has 0 radical (unpaired) electrons. The van der Waals surface area contributed by atoms with Gasteiger partial charge in [-0.05, 0) is 85.0 Å². The number of hydrogen-bond donors (Lipinski definition) is 1. The molecule has 3 heterocycles. The molecule has 0 atom stereocenters. The zero-order valence-electron chi connectivity index (χ0n) is 17.7. The summed E-state index contributed by atoms with van der Waals surface area (Å²) in [4.78, 5) is 5.79. The zero-order chi connectivity index (χ0) is 21.4. The van der Waals surface area contributed by atoms with Crippen LogP contribution in [0.2, 0.25) is 0 Å². The molecule has 1 aromatic carbocycles. The molecule has 3 aromatic heterocycles. The number of fused-ring (bicyclic) bond motifs is 1. The van der Waals surface area contributed by atoms with Gasteiger partial charge in [-0.15, -0.1) is 0 Å². The average molecular weight is 429 g/mol. The molecule has 0 saturated heterocycles. The molecule has 156 valence electrons. The standard InChI is InChI=1S/C24H24N6S/c1-16-7-18(9-25)8-17(2)23(16)11-27-31-22-10-26-30(15-22)14-21-13-29-12-20(19-3-4-19)5-6-24(29)28-21/h5-8,10,12-13,15,19,27H,3-4,11,14H2,1-2H3. The van der Waals surface area contributed by atoms with Crippen molar-refractivity contribution >= 4 is 17.6 Å². The van der Waals surface area contributed by atoms with Crippen LogP contribution in [0.4, 0.5) is 0 Å². The Morgan fingerprint density at radius 2 is 1.97 bits per heavy atom. The van der Waals surface area contributed by atoms with E-state index in [9.17, 15) is 0 Å². The highest BCUT2D eigenvalue weighted by Gasteiger charge is 2.23. The first-order chi connectivity index (χ1) is 15.1. The van der Waals surface area contributed by atoms with Gasteiger partial charge in [0.25, 0.3) is 0 Å². The van der Waals surface area contributed by atoms with Crippen LogP contribution in [-0.2, 0) is 13.1 Å². The highest BCUT2D eigenvalue weighted by Crippen LogP contribution is 2.39. The molecule has 31 heavy (non-hydrogen) atoms. The van der Waals surface area contributed by atoms with E-state index in [0.717, 1.165) is 39.8 Å². The van der Waals surface area contributed by atoms with Crippen molar-refractivity contribution < 1.29 is 0 Å². The number of aryl methyl sites for hydroxylation is 2. The topological polar surface area (TPSA) is 70.9 Å². The number of nitrogens with zero attached hydrogens (tertiary/aromatic N) is 5. The second kappa shape index (κ2) is 8.22. The van der Waals surface area contributed by atoms with E-state index < -0.39 is 0 Å². The number of nitriles is 1. The summed E-state index contributed by atoms with van der Waals surface area (Å²) in [5.74, 6) is 0.741. The van der Waals surface area contributed by atoms with E-state index >= 15 is 0 Å². The minimum Gasteiger partial charge on any atom is -0.306 e. The average Bonchev–Trinajstić information content (AvgIpc) is 3.39. The van der Waals surface area contributed by atoms with Gasteiger partial charge >= 0.3 is 0 Å². The lowest BCUT2D eigenvalue weighted by molar-refractivity contribution is 0.675. The Hall–Kier alpha value is -3.08. The highest BCUT2D eigenvalue weighted by molar-refractivity contribution is 7.97. The van der Waals surface area contributed by atoms with Gasteiger partial charge in [-0.1, -0.05) is 6.07 Å². The van der Waals surface area contributed by atoms with Crippen LogP contribution in [0.5, 0.6) is 0 Å². The smallest absolute Gasteiger partial charge is 0.137 e. The van der Waals surface area contributed by atoms with Crippen LogP contribution >= 0.6 is 11.9 Å². The lowest BCUT2D eigenvalue weighted by atomic mass is 10.00. The van der Waals surface area contributed by atoms with Crippen molar-refractivity contribution in [2.24, 2.45) is 0 Å². The van der Waals surface area contributed by atoms with E-state index in [0.29, 0.717) is 12.1 Å². The van der Waals surface area contributed by atoms with Crippen molar-refractivity contribution in [3.8, 4) is 6.07 Å². The number of aromatic nitrogens is 4. The second-order valence-corrected chi connectivity index (χ2v) is 9.20. The lowest BCUT2D eigenvalue weighted by Gasteiger charge is -2.10. The quantitative estimate of drug-likeness (QED) is 0.431. The number of pyridine rings is 1. The monoisotopic (exact) mass is 428 g/mol. The van der Waals surface area contributed by atoms with E-state index in [1.165, 1.54) is 24.0 Å². The van der Waals surface area contributed by atoms with Crippen molar-refractivity contribution in [3.05, 3.63) is 82.6 Å². The minimum absolute atomic E-state index is 0.648. The molecule has 0 amide bonds. The largest absolute Gasteiger partial charge is 0.306 e. The SMILES string of the molecule is Cc1cc(C#N)cc(C)c1CNSc1cnn(Cc2cn3cc(C4CC4)ccc3n2)c1. The maximum atomic E-state index is 9.10. The zero-order valence-corrected chi connectivity index (χ0v) is 18.5. The molecule has 1 fully saturated rings. The Morgan fingerprint density at radius 1 is 1.16 bits per heavy atom. The van der Waals surface area contributed by atoms with Gasteiger partial charge in [0.05, 0.1) is 35.0 Å². The summed E-state index contributed by atoms with van der Waals surface area (Å²) < 4.78 is 7.47. The first-order valence-corrected chi connectivity index (χ1v) is 11.3. The van der Waals surface area contributed by atoms with Gasteiger partial charge < -0.3 is 4.40 Å². The fourth-order valence-corrected chi connectivity index (χ4v) is 4.63. The molecule has 1 aliphatic carbocycles. The Balaban J connectivity index is 1.21. The number of imidazole rings is 1. The fraction of sp³-hybridized carbons (Fsp3) is 0.292. The predicted molar refractivity (Wildman–Crippen MR) is 122 cm³/mol. The molecule has 7 heteroatoms. The van der Waals surface area contributed by atoms with Crippen molar-refractivity contribution in [2.75, 3.05) is 0 Å². The minimum atomic E-state index is 0.648. The Kier molecular flexibility index (Phi) is 5.26. The molecule has 0 bridgehead atoms. The maximum Gasteiger partial charge on any atom is 0.137 e. The molecule has 4 aromatic rings. The van der Waals surface area contributed by atoms with Crippen LogP contribution < -0.4 is 4.72 Å². The van der Waals surface area contributed by atoms with E-state index in [4.69, 9.17) is 10.2 Å². The highest BCUT2D eigenvalue weighted by atomic mass is 32.2. The van der Waals surface area contributed by atoms with E-state index in [1.807, 2.05) is 29.2 Å². The number of hydrogen-bond acceptors (Lipinski definition) is 5. The van der Waals surface area contributed by atoms with Gasteiger partial charge in [-0.25, -0.2) is 4.98 Å². The Labute approximate surface area is 186 Å². The van der Waals surface area contributed by atoms with Crippen LogP contribution in [0.1, 0.15) is 52.3 Å². The fourth-order valence-electron chi connectivity index (χ4n) is 3.97. The van der Waals surface area contributed by atoms with Gasteiger partial charge in [0, 0.05) is 25.1 Å². The van der Waals surface area contributed by atoms with Crippen molar-refractivity contribution in [2.45, 2.75) is 50.6 Å². The lowest BCUT2D eigenvalue weighted by Crippen LogP contribution is -2.07. The molecule has 6 nitrogen and oxygen atoms in total. The molecule has 5 rings (SSSR count). The third-order valence-electron chi connectivity index (χ3n) is 5.77. The molecule has 1 aliphatic rings. The first kappa shape index (κ1) is 19.9. The van der Waals surface area contributed by atoms with E-state index in [1.54, 1.807) is 11.9 Å². The number of nitrogens with one attached hydrogen (secondary N) is 1. The maximum absolute atomic E-state index is 9.10. The summed E-state index contributed by atoms with van der Waals surface area (Å²) in [7, 11) is 0. The summed E-state index contributed by atoms with van der Waals surface area (Å²) >= 11 is 1.57. The first-order valence-electron chi connectivity index (χ1n) is 10.5. The van der Waals surface area contributed by atoms with E-state index in [2.05, 4.69) is 58.7 Å². The van der Waals surface area contributed by atoms with Crippen molar-refractivity contribution in [3.63, 3.8) is 0 Å². The van der Waals surface area contributed by atoms with Crippen LogP contribution in [-0.4, -0.2) is 19.2 Å². The predicted octanol–water partition coefficient (Wildman–Crippen LogP) is 4.74. The summed E-state index contributed by atoms with van der Waals surface area (Å²) in [6.07, 6.45) is 10.8. The van der Waals surface area contributed by atoms with Gasteiger partial charge in [-0.2, -0.15) is 10.4 Å². The van der Waals surface area contributed by atoms with Gasteiger partial charge in [0.15, 0.2) is 0 Å². The van der Waals surface area contributed by atoms with Gasteiger partial charge in [0.1, 0.15) is 5.65 Å². The van der Waals surface area contributed by atoms with Gasteiger partial charge in [0.2, 0.25) is 0 Å². The summed E-state index contributed by atoms with van der Waals surface area (Å²) in [6.45, 7) is 5.48. The molecule has 1 N–H and O–H groups in total. The molecule has 1 saturated carbocycles. The normalized spacial score (nSPS) is 13.6. The molecule has 0 aliphatic heterocycles. The summed E-state index contributed by atoms with van der Waals surface area (Å²) in [5.41, 5.74) is 7.61. The third kappa shape index (κ3) is 4.36. The molecular formula is C24H24N6S. The molecule has 0 unspecified atom stereocenters. The van der Waals surface area contributed by atoms with Crippen LogP contribution in [0.3, 0.4) is 0 Å². The third-order valence-corrected chi connectivity index (χ3v) is 6.51. The number of benzene rings is 1. The van der Waals surface area contributed by atoms with Crippen molar-refractivity contribution in [1.82, 2.24) is 23.9 Å². The summed E-state index contributed by atoms with van der Waals surface area (Å²) in [6, 6.07) is 10.4. The van der Waals surface area contributed by atoms with Gasteiger partial charge in [-0.3, -0.25) is 9.40 Å². The molecule has 0 spiro atoms. The van der Waals surface area contributed by atoms with Crippen LogP contribution in [0, 0.1) is 25.2 Å². The van der Waals surface area contributed by atoms with Crippen LogP contribution in [0.15, 0.2) is 53.9 Å². The Bertz CT molecular complexity index is 1270. The van der Waals surface area contributed by atoms with Crippen molar-refractivity contribution in [1.29, 1.82) is 5.26 Å². The Morgan fingerprint density at radius 3 is 2.71 bits per heavy atom. The number of rotatable bonds is 7. The second-order valence-electron chi connectivity index (χ2n) is 8.23. The summed E-state index contributed by atoms with van der Waals surface area (Å²) in [5, 5.41) is 13.6.